The number of hydrogen-bond acceptors (Lipinski definition) is 2. The molecule has 0 saturated heterocycles. The highest BCUT2D eigenvalue weighted by Gasteiger charge is 2.44. The molecule has 0 atom stereocenters. The average Bonchev–Trinajstić information content (AvgIpc) is 3.39. The summed E-state index contributed by atoms with van der Waals surface area (Å²) < 4.78 is 0. The number of para-hydroxylation sites is 2. The van der Waals surface area contributed by atoms with Gasteiger partial charge < -0.3 is 9.80 Å². The van der Waals surface area contributed by atoms with Crippen molar-refractivity contribution in [2.75, 3.05) is 9.80 Å². The number of rotatable bonds is 5. The molecule has 11 aromatic carbocycles. The third kappa shape index (κ3) is 6.93. The van der Waals surface area contributed by atoms with Crippen molar-refractivity contribution in [2.24, 2.45) is 0 Å². The smallest absolute Gasteiger partial charge is 0.252 e. The molecule has 3 heteroatoms. The molecule has 71 heavy (non-hydrogen) atoms. The molecule has 2 heterocycles. The summed E-state index contributed by atoms with van der Waals surface area (Å²) in [6.45, 7) is 14.0. The van der Waals surface area contributed by atoms with Crippen LogP contribution in [0.15, 0.2) is 224 Å². The Kier molecular flexibility index (Phi) is 9.81. The van der Waals surface area contributed by atoms with Crippen LogP contribution >= 0.6 is 0 Å². The SMILES string of the molecule is CC(C)(C)c1ccc2c(c1)B1c3cc(C(C)(C)C)ccc3N(c3ccccc3)c3cc(-c4c5ccccc5c(-c5ccc(-c6cccc7ccccc67)cc5)c5ccccc45)cc(c31)N2c1ccccc1. The summed E-state index contributed by atoms with van der Waals surface area (Å²) in [7, 11) is 0. The molecule has 0 saturated carbocycles. The minimum absolute atomic E-state index is 0.00344. The molecule has 0 aromatic heterocycles. The first-order valence-electron chi connectivity index (χ1n) is 25.2. The third-order valence-corrected chi connectivity index (χ3v) is 15.3. The molecule has 2 nitrogen and oxygen atoms in total. The molecule has 2 aliphatic heterocycles. The Labute approximate surface area is 418 Å². The fourth-order valence-electron chi connectivity index (χ4n) is 11.8. The zero-order valence-corrected chi connectivity index (χ0v) is 41.3. The summed E-state index contributed by atoms with van der Waals surface area (Å²) in [4.78, 5) is 5.11. The van der Waals surface area contributed by atoms with Crippen molar-refractivity contribution < 1.29 is 0 Å². The van der Waals surface area contributed by atoms with Crippen molar-refractivity contribution in [3.8, 4) is 33.4 Å². The molecule has 0 N–H and O–H groups in total. The van der Waals surface area contributed by atoms with Crippen LogP contribution in [0.3, 0.4) is 0 Å². The normalized spacial score (nSPS) is 13.1. The molecule has 340 valence electrons. The zero-order valence-electron chi connectivity index (χ0n) is 41.3. The lowest BCUT2D eigenvalue weighted by atomic mass is 9.33. The molecule has 0 unspecified atom stereocenters. The Morgan fingerprint density at radius 1 is 0.324 bits per heavy atom. The van der Waals surface area contributed by atoms with Gasteiger partial charge in [0.1, 0.15) is 0 Å². The number of benzene rings is 11. The minimum atomic E-state index is -0.0342. The highest BCUT2D eigenvalue weighted by Crippen LogP contribution is 2.50. The van der Waals surface area contributed by atoms with Gasteiger partial charge in [0.2, 0.25) is 0 Å². The maximum absolute atomic E-state index is 2.55. The van der Waals surface area contributed by atoms with Gasteiger partial charge in [-0.15, -0.1) is 0 Å². The second-order valence-electron chi connectivity index (χ2n) is 21.7. The van der Waals surface area contributed by atoms with Crippen LogP contribution in [0.1, 0.15) is 52.7 Å². The molecule has 0 radical (unpaired) electrons. The summed E-state index contributed by atoms with van der Waals surface area (Å²) in [5.41, 5.74) is 21.1. The lowest BCUT2D eigenvalue weighted by molar-refractivity contribution is 0.590. The highest BCUT2D eigenvalue weighted by atomic mass is 15.2. The summed E-state index contributed by atoms with van der Waals surface area (Å²) in [5, 5.41) is 7.47. The summed E-state index contributed by atoms with van der Waals surface area (Å²) >= 11 is 0. The Morgan fingerprint density at radius 3 is 1.21 bits per heavy atom. The van der Waals surface area contributed by atoms with E-state index in [0.717, 1.165) is 11.4 Å². The van der Waals surface area contributed by atoms with Crippen LogP contribution in [-0.4, -0.2) is 6.71 Å². The minimum Gasteiger partial charge on any atom is -0.311 e. The van der Waals surface area contributed by atoms with Gasteiger partial charge >= 0.3 is 0 Å². The first-order valence-corrected chi connectivity index (χ1v) is 25.2. The number of fused-ring (bicyclic) bond motifs is 7. The predicted molar refractivity (Wildman–Crippen MR) is 307 cm³/mol. The van der Waals surface area contributed by atoms with Crippen molar-refractivity contribution in [3.05, 3.63) is 236 Å². The van der Waals surface area contributed by atoms with E-state index in [2.05, 4.69) is 276 Å². The van der Waals surface area contributed by atoms with Crippen molar-refractivity contribution in [1.29, 1.82) is 0 Å². The lowest BCUT2D eigenvalue weighted by Crippen LogP contribution is -2.61. The quantitative estimate of drug-likeness (QED) is 0.125. The van der Waals surface area contributed by atoms with E-state index in [-0.39, 0.29) is 17.5 Å². The van der Waals surface area contributed by atoms with Crippen molar-refractivity contribution >= 4 is 89.5 Å². The third-order valence-electron chi connectivity index (χ3n) is 15.3. The molecule has 11 aromatic rings. The zero-order chi connectivity index (χ0) is 48.2. The number of hydrogen-bond donors (Lipinski definition) is 0. The van der Waals surface area contributed by atoms with Crippen LogP contribution < -0.4 is 26.2 Å². The van der Waals surface area contributed by atoms with E-state index in [1.54, 1.807) is 0 Å². The van der Waals surface area contributed by atoms with Crippen LogP contribution in [0.4, 0.5) is 34.1 Å². The van der Waals surface area contributed by atoms with Gasteiger partial charge in [-0.1, -0.05) is 217 Å². The molecule has 0 fully saturated rings. The van der Waals surface area contributed by atoms with E-state index in [1.165, 1.54) is 116 Å². The molecule has 13 rings (SSSR count). The Bertz CT molecular complexity index is 3700. The molecule has 0 bridgehead atoms. The molecule has 2 aliphatic rings. The maximum Gasteiger partial charge on any atom is 0.252 e. The Morgan fingerprint density at radius 2 is 0.732 bits per heavy atom. The fraction of sp³-hybridized carbons (Fsp3) is 0.118. The lowest BCUT2D eigenvalue weighted by Gasteiger charge is -2.45. The van der Waals surface area contributed by atoms with E-state index in [1.807, 2.05) is 0 Å². The van der Waals surface area contributed by atoms with Gasteiger partial charge in [-0.3, -0.25) is 0 Å². The van der Waals surface area contributed by atoms with Crippen molar-refractivity contribution in [2.45, 2.75) is 52.4 Å². The molecular formula is C68H55BN2. The van der Waals surface area contributed by atoms with Crippen LogP contribution in [0.25, 0.3) is 65.7 Å². The molecular weight excluding hydrogens is 856 g/mol. The first-order chi connectivity index (χ1) is 34.5. The summed E-state index contributed by atoms with van der Waals surface area (Å²) in [6, 6.07) is 84.4. The van der Waals surface area contributed by atoms with Crippen molar-refractivity contribution in [1.82, 2.24) is 0 Å². The Hall–Kier alpha value is -8.14. The van der Waals surface area contributed by atoms with E-state index in [4.69, 9.17) is 0 Å². The van der Waals surface area contributed by atoms with Crippen LogP contribution in [0, 0.1) is 0 Å². The van der Waals surface area contributed by atoms with Gasteiger partial charge in [0, 0.05) is 34.1 Å². The van der Waals surface area contributed by atoms with E-state index >= 15 is 0 Å². The Balaban J connectivity index is 1.11. The van der Waals surface area contributed by atoms with Gasteiger partial charge in [-0.05, 0) is 153 Å². The largest absolute Gasteiger partial charge is 0.311 e. The molecule has 0 aliphatic carbocycles. The van der Waals surface area contributed by atoms with Gasteiger partial charge in [0.15, 0.2) is 0 Å². The summed E-state index contributed by atoms with van der Waals surface area (Å²) in [5.74, 6) is 0. The fourth-order valence-corrected chi connectivity index (χ4v) is 11.8. The predicted octanol–water partition coefficient (Wildman–Crippen LogP) is 16.8. The second kappa shape index (κ2) is 16.2. The van der Waals surface area contributed by atoms with Crippen LogP contribution in [0.5, 0.6) is 0 Å². The molecule has 0 spiro atoms. The monoisotopic (exact) mass is 910 g/mol. The first kappa shape index (κ1) is 42.9. The van der Waals surface area contributed by atoms with E-state index < -0.39 is 0 Å². The van der Waals surface area contributed by atoms with Crippen LogP contribution in [0.2, 0.25) is 0 Å². The number of nitrogens with zero attached hydrogens (tertiary/aromatic N) is 2. The number of anilines is 6. The van der Waals surface area contributed by atoms with Gasteiger partial charge in [0.25, 0.3) is 6.71 Å². The van der Waals surface area contributed by atoms with Gasteiger partial charge in [-0.25, -0.2) is 0 Å². The van der Waals surface area contributed by atoms with Gasteiger partial charge in [0.05, 0.1) is 0 Å². The van der Waals surface area contributed by atoms with Crippen LogP contribution in [-0.2, 0) is 10.8 Å². The van der Waals surface area contributed by atoms with Gasteiger partial charge in [-0.2, -0.15) is 0 Å². The topological polar surface area (TPSA) is 6.48 Å². The highest BCUT2D eigenvalue weighted by molar-refractivity contribution is 7.00. The van der Waals surface area contributed by atoms with E-state index in [0.29, 0.717) is 0 Å². The summed E-state index contributed by atoms with van der Waals surface area (Å²) in [6.07, 6.45) is 0. The standard InChI is InChI=1S/C68H55BN2/c1-67(2,3)48-36-38-60-58(42-48)69-59-43-49(68(4,5)6)37-39-61(59)71(51-24-11-8-12-25-51)63-41-47(40-62(66(63)69)70(60)50-22-9-7-10-23-50)65-56-29-17-15-27-54(56)64(55-28-16-18-30-57(55)65)46-34-32-45(33-35-46)53-31-19-21-44-20-13-14-26-52(44)53/h7-43H,1-6H3. The average molecular weight is 911 g/mol. The van der Waals surface area contributed by atoms with E-state index in [9.17, 15) is 0 Å². The second-order valence-corrected chi connectivity index (χ2v) is 21.7. The molecule has 0 amide bonds. The maximum atomic E-state index is 2.55. The van der Waals surface area contributed by atoms with Crippen molar-refractivity contribution in [3.63, 3.8) is 0 Å².